The second-order valence-electron chi connectivity index (χ2n) is 12.9. The molecule has 0 aliphatic carbocycles. The number of carboxylic acid groups (broad SMARTS) is 1. The van der Waals surface area contributed by atoms with Gasteiger partial charge in [0.25, 0.3) is 5.91 Å². The summed E-state index contributed by atoms with van der Waals surface area (Å²) in [6.07, 6.45) is 2.93. The maximum atomic E-state index is 13.5. The van der Waals surface area contributed by atoms with E-state index < -0.39 is 53.0 Å². The standard InChI is InChI=1S/C36H51N3O11/c1-7-10-11-12-27(28(8-2)39(47)22-40)33(44)37-21-38-34(45)31-15-14-30(49-31)25-17-24(18-26(19-25)48-9-3)29(41)20-23(13-16-32(42)43)35(46)50-36(4,5)6/h14-15,17-19,22-23,27-28,47H,7-13,16,20-21H2,1-6H3,(H,37,44)(H,38,45)(H,42,43)/t23-,27-,28-/m1/s1. The Labute approximate surface area is 292 Å². The van der Waals surface area contributed by atoms with Crippen molar-refractivity contribution in [2.24, 2.45) is 11.8 Å². The fraction of sp³-hybridized carbons (Fsp3) is 0.556. The van der Waals surface area contributed by atoms with Gasteiger partial charge in [-0.05, 0) is 77.3 Å². The second-order valence-corrected chi connectivity index (χ2v) is 12.9. The highest BCUT2D eigenvalue weighted by molar-refractivity contribution is 5.99. The normalized spacial score (nSPS) is 13.0. The molecule has 2 aromatic rings. The third-order valence-electron chi connectivity index (χ3n) is 7.83. The van der Waals surface area contributed by atoms with Crippen LogP contribution in [0.4, 0.5) is 0 Å². The van der Waals surface area contributed by atoms with Gasteiger partial charge in [0.05, 0.1) is 31.2 Å². The van der Waals surface area contributed by atoms with E-state index in [4.69, 9.17) is 13.9 Å². The van der Waals surface area contributed by atoms with Gasteiger partial charge in [-0.15, -0.1) is 0 Å². The molecule has 14 heteroatoms. The van der Waals surface area contributed by atoms with E-state index in [0.29, 0.717) is 29.2 Å². The average Bonchev–Trinajstić information content (AvgIpc) is 3.56. The summed E-state index contributed by atoms with van der Waals surface area (Å²) in [7, 11) is 0. The number of rotatable bonds is 22. The first-order chi connectivity index (χ1) is 23.6. The number of ether oxygens (including phenoxy) is 2. The lowest BCUT2D eigenvalue weighted by atomic mass is 9.90. The van der Waals surface area contributed by atoms with Crippen molar-refractivity contribution >= 4 is 35.9 Å². The predicted molar refractivity (Wildman–Crippen MR) is 182 cm³/mol. The molecule has 50 heavy (non-hydrogen) atoms. The van der Waals surface area contributed by atoms with E-state index in [0.717, 1.165) is 19.3 Å². The lowest BCUT2D eigenvalue weighted by Crippen LogP contribution is -2.47. The molecular formula is C36H51N3O11. The van der Waals surface area contributed by atoms with Crippen LogP contribution in [0, 0.1) is 11.8 Å². The number of carboxylic acids is 1. The minimum absolute atomic E-state index is 0.0731. The number of unbranched alkanes of at least 4 members (excludes halogenated alkanes) is 2. The average molecular weight is 702 g/mol. The highest BCUT2D eigenvalue weighted by Crippen LogP contribution is 2.30. The van der Waals surface area contributed by atoms with E-state index in [1.807, 2.05) is 6.92 Å². The number of aliphatic carboxylic acids is 1. The minimum atomic E-state index is -1.10. The van der Waals surface area contributed by atoms with E-state index in [2.05, 4.69) is 10.6 Å². The first-order valence-corrected chi connectivity index (χ1v) is 17.0. The first kappa shape index (κ1) is 41.5. The molecule has 0 saturated carbocycles. The second kappa shape index (κ2) is 20.1. The molecule has 3 atom stereocenters. The highest BCUT2D eigenvalue weighted by Gasteiger charge is 2.31. The Morgan fingerprint density at radius 2 is 1.72 bits per heavy atom. The summed E-state index contributed by atoms with van der Waals surface area (Å²) in [5, 5.41) is 24.9. The van der Waals surface area contributed by atoms with E-state index in [-0.39, 0.29) is 56.0 Å². The Bertz CT molecular complexity index is 1460. The van der Waals surface area contributed by atoms with Crippen LogP contribution in [0.2, 0.25) is 0 Å². The lowest BCUT2D eigenvalue weighted by Gasteiger charge is -2.29. The molecule has 3 amide bonds. The van der Waals surface area contributed by atoms with Crippen LogP contribution in [-0.4, -0.2) is 76.2 Å². The molecule has 4 N–H and O–H groups in total. The zero-order valence-corrected chi connectivity index (χ0v) is 29.8. The molecule has 0 saturated heterocycles. The number of esters is 1. The smallest absolute Gasteiger partial charge is 0.309 e. The monoisotopic (exact) mass is 701 g/mol. The number of carbonyl (C=O) groups excluding carboxylic acids is 5. The van der Waals surface area contributed by atoms with Crippen LogP contribution in [-0.2, 0) is 23.9 Å². The first-order valence-electron chi connectivity index (χ1n) is 17.0. The molecule has 1 heterocycles. The van der Waals surface area contributed by atoms with E-state index in [1.165, 1.54) is 24.3 Å². The summed E-state index contributed by atoms with van der Waals surface area (Å²) >= 11 is 0. The molecule has 14 nitrogen and oxygen atoms in total. The van der Waals surface area contributed by atoms with Gasteiger partial charge in [0, 0.05) is 24.0 Å². The SMILES string of the molecule is CCCCC[C@@H](C(=O)NCNC(=O)c1ccc(-c2cc(OCC)cc(C(=O)C[C@@H](CCC(=O)O)C(=O)OC(C)(C)C)c2)o1)[C@@H](CC)N(O)C=O. The van der Waals surface area contributed by atoms with Crippen LogP contribution < -0.4 is 15.4 Å². The van der Waals surface area contributed by atoms with Crippen LogP contribution in [0.15, 0.2) is 34.7 Å². The number of hydroxylamine groups is 2. The number of ketones is 1. The summed E-state index contributed by atoms with van der Waals surface area (Å²) in [4.78, 5) is 74.7. The van der Waals surface area contributed by atoms with Gasteiger partial charge in [-0.25, -0.2) is 5.06 Å². The Morgan fingerprint density at radius 3 is 2.32 bits per heavy atom. The lowest BCUT2D eigenvalue weighted by molar-refractivity contribution is -0.168. The van der Waals surface area contributed by atoms with Crippen LogP contribution in [0.3, 0.4) is 0 Å². The maximum Gasteiger partial charge on any atom is 0.309 e. The van der Waals surface area contributed by atoms with E-state index in [1.54, 1.807) is 40.7 Å². The Hall–Kier alpha value is -4.72. The van der Waals surface area contributed by atoms with Crippen molar-refractivity contribution in [1.82, 2.24) is 15.7 Å². The third-order valence-corrected chi connectivity index (χ3v) is 7.83. The van der Waals surface area contributed by atoms with Crippen molar-refractivity contribution in [1.29, 1.82) is 0 Å². The number of benzene rings is 1. The number of hydrogen-bond donors (Lipinski definition) is 4. The van der Waals surface area contributed by atoms with Crippen LogP contribution in [0.25, 0.3) is 11.3 Å². The number of amides is 3. The van der Waals surface area contributed by atoms with Gasteiger partial charge < -0.3 is 29.6 Å². The number of nitrogens with zero attached hydrogens (tertiary/aromatic N) is 1. The fourth-order valence-corrected chi connectivity index (χ4v) is 5.37. The van der Waals surface area contributed by atoms with Gasteiger partial charge in [0.1, 0.15) is 17.1 Å². The van der Waals surface area contributed by atoms with Gasteiger partial charge in [-0.3, -0.25) is 34.0 Å². The molecule has 0 aliphatic heterocycles. The Morgan fingerprint density at radius 1 is 1.00 bits per heavy atom. The van der Waals surface area contributed by atoms with E-state index in [9.17, 15) is 39.1 Å². The molecule has 0 radical (unpaired) electrons. The van der Waals surface area contributed by atoms with E-state index >= 15 is 0 Å². The van der Waals surface area contributed by atoms with Crippen molar-refractivity contribution in [3.05, 3.63) is 41.7 Å². The fourth-order valence-electron chi connectivity index (χ4n) is 5.37. The third kappa shape index (κ3) is 13.3. The number of hydrogen-bond acceptors (Lipinski definition) is 10. The maximum absolute atomic E-state index is 13.5. The molecule has 0 fully saturated rings. The van der Waals surface area contributed by atoms with Gasteiger partial charge >= 0.3 is 11.9 Å². The zero-order chi connectivity index (χ0) is 37.4. The number of Topliss-reactive ketones (excluding diaryl/α,β-unsaturated/α-hetero) is 1. The molecule has 2 rings (SSSR count). The topological polar surface area (TPSA) is 202 Å². The quantitative estimate of drug-likeness (QED) is 0.0234. The van der Waals surface area contributed by atoms with Crippen LogP contribution in [0.5, 0.6) is 5.75 Å². The number of carbonyl (C=O) groups is 6. The van der Waals surface area contributed by atoms with Crippen LogP contribution >= 0.6 is 0 Å². The van der Waals surface area contributed by atoms with Crippen molar-refractivity contribution in [2.45, 2.75) is 105 Å². The number of furan rings is 1. The van der Waals surface area contributed by atoms with Crippen molar-refractivity contribution < 1.29 is 53.0 Å². The van der Waals surface area contributed by atoms with Gasteiger partial charge in [0.2, 0.25) is 12.3 Å². The summed E-state index contributed by atoms with van der Waals surface area (Å²) in [6.45, 7) is 10.7. The minimum Gasteiger partial charge on any atom is -0.494 e. The van der Waals surface area contributed by atoms with Gasteiger partial charge in [-0.1, -0.05) is 33.1 Å². The van der Waals surface area contributed by atoms with Gasteiger partial charge in [0.15, 0.2) is 11.5 Å². The molecule has 0 bridgehead atoms. The summed E-state index contributed by atoms with van der Waals surface area (Å²) < 4.78 is 16.9. The van der Waals surface area contributed by atoms with Crippen molar-refractivity contribution in [3.63, 3.8) is 0 Å². The molecular weight excluding hydrogens is 650 g/mol. The highest BCUT2D eigenvalue weighted by atomic mass is 16.6. The van der Waals surface area contributed by atoms with Gasteiger partial charge in [-0.2, -0.15) is 0 Å². The molecule has 1 aromatic carbocycles. The Balaban J connectivity index is 2.21. The number of nitrogens with one attached hydrogen (secondary N) is 2. The van der Waals surface area contributed by atoms with Crippen molar-refractivity contribution in [2.75, 3.05) is 13.3 Å². The largest absolute Gasteiger partial charge is 0.494 e. The zero-order valence-electron chi connectivity index (χ0n) is 29.8. The summed E-state index contributed by atoms with van der Waals surface area (Å²) in [5.74, 6) is -4.41. The predicted octanol–water partition coefficient (Wildman–Crippen LogP) is 5.37. The molecule has 1 aromatic heterocycles. The van der Waals surface area contributed by atoms with Crippen molar-refractivity contribution in [3.8, 4) is 17.1 Å². The van der Waals surface area contributed by atoms with Crippen LogP contribution in [0.1, 0.15) is 114 Å². The molecule has 0 aliphatic rings. The molecule has 0 spiro atoms. The summed E-state index contributed by atoms with van der Waals surface area (Å²) in [5.41, 5.74) is -0.225. The molecule has 276 valence electrons. The summed E-state index contributed by atoms with van der Waals surface area (Å²) in [6, 6.07) is 6.92. The molecule has 0 unspecified atom stereocenters. The Kier molecular flexibility index (Phi) is 16.6.